The quantitative estimate of drug-likeness (QED) is 0.627. The second-order valence-corrected chi connectivity index (χ2v) is 8.15. The number of hydrogen-bond acceptors (Lipinski definition) is 5. The van der Waals surface area contributed by atoms with Gasteiger partial charge in [0.2, 0.25) is 0 Å². The summed E-state index contributed by atoms with van der Waals surface area (Å²) in [6.45, 7) is 0. The molecule has 1 aromatic heterocycles. The molecule has 32 heavy (non-hydrogen) atoms. The molecule has 0 saturated heterocycles. The molecule has 0 bridgehead atoms. The van der Waals surface area contributed by atoms with Crippen LogP contribution in [0.5, 0.6) is 0 Å². The van der Waals surface area contributed by atoms with Gasteiger partial charge in [-0.05, 0) is 31.0 Å². The zero-order valence-corrected chi connectivity index (χ0v) is 17.5. The molecule has 0 atom stereocenters. The molecular weight excluding hydrogens is 404 g/mol. The SMILES string of the molecule is O=C(Nc1cnc(-c2ccccc2)nc1)c1ccc2c(c1)C(=O)N(C1CCCCC1)C2=O. The number of fused-ring (bicyclic) bond motifs is 1. The minimum atomic E-state index is -0.389. The molecule has 7 heteroatoms. The van der Waals surface area contributed by atoms with Crippen LogP contribution in [-0.4, -0.2) is 38.6 Å². The van der Waals surface area contributed by atoms with Crippen LogP contribution in [0.4, 0.5) is 5.69 Å². The van der Waals surface area contributed by atoms with E-state index in [-0.39, 0.29) is 23.8 Å². The molecule has 7 nitrogen and oxygen atoms in total. The number of benzene rings is 2. The summed E-state index contributed by atoms with van der Waals surface area (Å²) in [7, 11) is 0. The van der Waals surface area contributed by atoms with Crippen molar-refractivity contribution >= 4 is 23.4 Å². The van der Waals surface area contributed by atoms with E-state index < -0.39 is 0 Å². The topological polar surface area (TPSA) is 92.3 Å². The molecule has 5 rings (SSSR count). The van der Waals surface area contributed by atoms with Crippen molar-refractivity contribution in [1.29, 1.82) is 0 Å². The van der Waals surface area contributed by atoms with Crippen molar-refractivity contribution < 1.29 is 14.4 Å². The number of aromatic nitrogens is 2. The highest BCUT2D eigenvalue weighted by Crippen LogP contribution is 2.31. The molecule has 2 aromatic carbocycles. The molecule has 2 aliphatic rings. The van der Waals surface area contributed by atoms with Gasteiger partial charge in [0.15, 0.2) is 5.82 Å². The predicted octanol–water partition coefficient (Wildman–Crippen LogP) is 4.32. The lowest BCUT2D eigenvalue weighted by atomic mass is 9.94. The Morgan fingerprint density at radius 3 is 2.28 bits per heavy atom. The Kier molecular flexibility index (Phi) is 5.23. The second-order valence-electron chi connectivity index (χ2n) is 8.15. The molecule has 1 fully saturated rings. The van der Waals surface area contributed by atoms with E-state index >= 15 is 0 Å². The minimum absolute atomic E-state index is 0.0475. The fourth-order valence-electron chi connectivity index (χ4n) is 4.40. The van der Waals surface area contributed by atoms with E-state index in [9.17, 15) is 14.4 Å². The van der Waals surface area contributed by atoms with Crippen molar-refractivity contribution in [3.63, 3.8) is 0 Å². The Morgan fingerprint density at radius 2 is 1.56 bits per heavy atom. The maximum absolute atomic E-state index is 13.0. The van der Waals surface area contributed by atoms with Crippen molar-refractivity contribution in [1.82, 2.24) is 14.9 Å². The van der Waals surface area contributed by atoms with Crippen LogP contribution in [0, 0.1) is 0 Å². The van der Waals surface area contributed by atoms with Crippen LogP contribution >= 0.6 is 0 Å². The highest BCUT2D eigenvalue weighted by molar-refractivity contribution is 6.22. The van der Waals surface area contributed by atoms with E-state index in [0.29, 0.717) is 28.2 Å². The average Bonchev–Trinajstić information content (AvgIpc) is 3.10. The summed E-state index contributed by atoms with van der Waals surface area (Å²) < 4.78 is 0. The zero-order chi connectivity index (χ0) is 22.1. The Balaban J connectivity index is 1.32. The molecule has 0 unspecified atom stereocenters. The Hall–Kier alpha value is -3.87. The van der Waals surface area contributed by atoms with Gasteiger partial charge in [0.1, 0.15) is 0 Å². The van der Waals surface area contributed by atoms with Crippen molar-refractivity contribution in [2.75, 3.05) is 5.32 Å². The molecule has 2 heterocycles. The normalized spacial score (nSPS) is 16.2. The van der Waals surface area contributed by atoms with Crippen LogP contribution in [0.25, 0.3) is 11.4 Å². The van der Waals surface area contributed by atoms with Crippen LogP contribution in [-0.2, 0) is 0 Å². The number of carbonyl (C=O) groups is 3. The summed E-state index contributed by atoms with van der Waals surface area (Å²) in [5.74, 6) is -0.385. The summed E-state index contributed by atoms with van der Waals surface area (Å²) in [6, 6.07) is 14.2. The van der Waals surface area contributed by atoms with Gasteiger partial charge >= 0.3 is 0 Å². The first kappa shape index (κ1) is 20.1. The predicted molar refractivity (Wildman–Crippen MR) is 119 cm³/mol. The molecule has 1 saturated carbocycles. The number of hydrogen-bond donors (Lipinski definition) is 1. The van der Waals surface area contributed by atoms with Crippen LogP contribution in [0.15, 0.2) is 60.9 Å². The Bertz CT molecular complexity index is 1190. The van der Waals surface area contributed by atoms with Gasteiger partial charge in [-0.15, -0.1) is 0 Å². The van der Waals surface area contributed by atoms with Crippen molar-refractivity contribution in [3.8, 4) is 11.4 Å². The van der Waals surface area contributed by atoms with Crippen LogP contribution < -0.4 is 5.32 Å². The van der Waals surface area contributed by atoms with Gasteiger partial charge < -0.3 is 5.32 Å². The summed E-state index contributed by atoms with van der Waals surface area (Å²) in [5, 5.41) is 2.75. The largest absolute Gasteiger partial charge is 0.319 e. The molecular formula is C25H22N4O3. The third kappa shape index (κ3) is 3.66. The lowest BCUT2D eigenvalue weighted by molar-refractivity contribution is 0.0549. The first-order valence-electron chi connectivity index (χ1n) is 10.8. The summed E-state index contributed by atoms with van der Waals surface area (Å²) in [5.41, 5.74) is 2.30. The summed E-state index contributed by atoms with van der Waals surface area (Å²) in [6.07, 6.45) is 7.96. The smallest absolute Gasteiger partial charge is 0.261 e. The summed E-state index contributed by atoms with van der Waals surface area (Å²) in [4.78, 5) is 48.5. The fraction of sp³-hybridized carbons (Fsp3) is 0.240. The Labute approximate surface area is 185 Å². The van der Waals surface area contributed by atoms with E-state index in [0.717, 1.165) is 37.7 Å². The van der Waals surface area contributed by atoms with Crippen molar-refractivity contribution in [2.45, 2.75) is 38.1 Å². The van der Waals surface area contributed by atoms with E-state index in [2.05, 4.69) is 15.3 Å². The maximum atomic E-state index is 13.0. The molecule has 0 radical (unpaired) electrons. The van der Waals surface area contributed by atoms with Crippen LogP contribution in [0.1, 0.15) is 63.2 Å². The maximum Gasteiger partial charge on any atom is 0.261 e. The number of nitrogens with one attached hydrogen (secondary N) is 1. The van der Waals surface area contributed by atoms with Crippen LogP contribution in [0.3, 0.4) is 0 Å². The first-order chi connectivity index (χ1) is 15.6. The van der Waals surface area contributed by atoms with Gasteiger partial charge in [-0.2, -0.15) is 0 Å². The third-order valence-corrected chi connectivity index (χ3v) is 6.06. The standard InChI is InChI=1S/C25H22N4O3/c30-23(28-18-14-26-22(27-15-18)16-7-3-1-4-8-16)17-11-12-20-21(13-17)25(32)29(24(20)31)19-9-5-2-6-10-19/h1,3-4,7-8,11-15,19H,2,5-6,9-10H2,(H,28,30). The monoisotopic (exact) mass is 426 g/mol. The molecule has 1 aliphatic carbocycles. The Morgan fingerprint density at radius 1 is 0.875 bits per heavy atom. The van der Waals surface area contributed by atoms with E-state index in [1.807, 2.05) is 30.3 Å². The molecule has 3 aromatic rings. The lowest BCUT2D eigenvalue weighted by Gasteiger charge is -2.29. The first-order valence-corrected chi connectivity index (χ1v) is 10.8. The zero-order valence-electron chi connectivity index (χ0n) is 17.5. The number of nitrogens with zero attached hydrogens (tertiary/aromatic N) is 3. The van der Waals surface area contributed by atoms with Crippen LogP contribution in [0.2, 0.25) is 0 Å². The fourth-order valence-corrected chi connectivity index (χ4v) is 4.40. The van der Waals surface area contributed by atoms with Gasteiger partial charge in [0, 0.05) is 17.2 Å². The van der Waals surface area contributed by atoms with Crippen molar-refractivity contribution in [2.24, 2.45) is 0 Å². The number of anilines is 1. The highest BCUT2D eigenvalue weighted by atomic mass is 16.2. The highest BCUT2D eigenvalue weighted by Gasteiger charge is 2.40. The number of rotatable bonds is 4. The van der Waals surface area contributed by atoms with Gasteiger partial charge in [0.05, 0.1) is 29.2 Å². The molecule has 160 valence electrons. The third-order valence-electron chi connectivity index (χ3n) is 6.06. The van der Waals surface area contributed by atoms with Gasteiger partial charge in [-0.25, -0.2) is 9.97 Å². The molecule has 0 spiro atoms. The van der Waals surface area contributed by atoms with Crippen molar-refractivity contribution in [3.05, 3.63) is 77.6 Å². The lowest BCUT2D eigenvalue weighted by Crippen LogP contribution is -2.40. The molecule has 3 amide bonds. The van der Waals surface area contributed by atoms with Gasteiger partial charge in [0.25, 0.3) is 17.7 Å². The number of carbonyl (C=O) groups excluding carboxylic acids is 3. The number of amides is 3. The summed E-state index contributed by atoms with van der Waals surface area (Å²) >= 11 is 0. The van der Waals surface area contributed by atoms with E-state index in [1.54, 1.807) is 24.5 Å². The van der Waals surface area contributed by atoms with E-state index in [1.165, 1.54) is 11.0 Å². The van der Waals surface area contributed by atoms with E-state index in [4.69, 9.17) is 0 Å². The molecule has 1 aliphatic heterocycles. The minimum Gasteiger partial charge on any atom is -0.319 e. The van der Waals surface area contributed by atoms with Gasteiger partial charge in [-0.3, -0.25) is 19.3 Å². The number of imide groups is 1. The average molecular weight is 426 g/mol. The second kappa shape index (κ2) is 8.34. The molecule has 1 N–H and O–H groups in total. The van der Waals surface area contributed by atoms with Gasteiger partial charge in [-0.1, -0.05) is 49.6 Å².